The molecule has 0 aliphatic heterocycles. The van der Waals surface area contributed by atoms with Crippen LogP contribution < -0.4 is 10.6 Å². The molecule has 0 aliphatic rings. The molecule has 0 amide bonds. The van der Waals surface area contributed by atoms with Gasteiger partial charge >= 0.3 is 0 Å². The van der Waals surface area contributed by atoms with Crippen molar-refractivity contribution in [1.29, 1.82) is 0 Å². The highest BCUT2D eigenvalue weighted by Gasteiger charge is 2.05. The van der Waals surface area contributed by atoms with Crippen molar-refractivity contribution in [2.75, 3.05) is 13.6 Å². The van der Waals surface area contributed by atoms with Crippen molar-refractivity contribution in [1.82, 2.24) is 30.4 Å². The third-order valence-corrected chi connectivity index (χ3v) is 4.43. The Morgan fingerprint density at radius 2 is 2.18 bits per heavy atom. The Bertz CT molecular complexity index is 609. The molecule has 0 saturated heterocycles. The molecule has 2 N–H and O–H groups in total. The van der Waals surface area contributed by atoms with E-state index < -0.39 is 0 Å². The summed E-state index contributed by atoms with van der Waals surface area (Å²) in [5, 5.41) is 15.6. The lowest BCUT2D eigenvalue weighted by Crippen LogP contribution is -2.38. The lowest BCUT2D eigenvalue weighted by atomic mass is 10.4. The van der Waals surface area contributed by atoms with Crippen molar-refractivity contribution >= 4 is 17.3 Å². The molecule has 0 radical (unpaired) electrons. The van der Waals surface area contributed by atoms with Gasteiger partial charge in [-0.25, -0.2) is 4.98 Å². The molecule has 22 heavy (non-hydrogen) atoms. The molecule has 0 aromatic carbocycles. The van der Waals surface area contributed by atoms with Gasteiger partial charge in [0.1, 0.15) is 17.2 Å². The zero-order valence-electron chi connectivity index (χ0n) is 13.6. The summed E-state index contributed by atoms with van der Waals surface area (Å²) in [5.41, 5.74) is 1.10. The first-order chi connectivity index (χ1) is 10.6. The van der Waals surface area contributed by atoms with Gasteiger partial charge in [-0.05, 0) is 13.8 Å². The van der Waals surface area contributed by atoms with Gasteiger partial charge in [0.25, 0.3) is 0 Å². The summed E-state index contributed by atoms with van der Waals surface area (Å²) in [4.78, 5) is 10.0. The first-order valence-corrected chi connectivity index (χ1v) is 8.19. The van der Waals surface area contributed by atoms with Crippen molar-refractivity contribution < 1.29 is 0 Å². The first-order valence-electron chi connectivity index (χ1n) is 7.38. The Kier molecular flexibility index (Phi) is 5.88. The van der Waals surface area contributed by atoms with E-state index in [9.17, 15) is 0 Å². The molecule has 0 aliphatic carbocycles. The van der Waals surface area contributed by atoms with E-state index in [0.29, 0.717) is 6.54 Å². The van der Waals surface area contributed by atoms with Crippen molar-refractivity contribution in [3.05, 3.63) is 27.7 Å². The summed E-state index contributed by atoms with van der Waals surface area (Å²) < 4.78 is 2.05. The number of hydrogen-bond donors (Lipinski definition) is 2. The highest BCUT2D eigenvalue weighted by atomic mass is 32.1. The van der Waals surface area contributed by atoms with Gasteiger partial charge in [-0.3, -0.25) is 4.99 Å². The predicted molar refractivity (Wildman–Crippen MR) is 89.2 cm³/mol. The van der Waals surface area contributed by atoms with Crippen LogP contribution in [0.1, 0.15) is 28.3 Å². The van der Waals surface area contributed by atoms with E-state index in [-0.39, 0.29) is 0 Å². The van der Waals surface area contributed by atoms with Crippen molar-refractivity contribution in [3.63, 3.8) is 0 Å². The van der Waals surface area contributed by atoms with Crippen LogP contribution in [0, 0.1) is 13.8 Å². The molecule has 0 atom stereocenters. The van der Waals surface area contributed by atoms with Crippen LogP contribution in [0.25, 0.3) is 0 Å². The highest BCUT2D eigenvalue weighted by molar-refractivity contribution is 7.11. The molecule has 0 fully saturated rings. The standard InChI is InChI=1S/C14H23N7S/c1-5-12-20-18-9-21(12)7-6-16-14(15-4)17-8-13-19-10(2)11(3)22-13/h9H,5-8H2,1-4H3,(H2,15,16,17). The van der Waals surface area contributed by atoms with Crippen LogP contribution in [0.2, 0.25) is 0 Å². The molecule has 0 saturated carbocycles. The molecular weight excluding hydrogens is 298 g/mol. The molecule has 0 spiro atoms. The lowest BCUT2D eigenvalue weighted by Gasteiger charge is -2.11. The highest BCUT2D eigenvalue weighted by Crippen LogP contribution is 2.15. The summed E-state index contributed by atoms with van der Waals surface area (Å²) in [6.45, 7) is 8.46. The Morgan fingerprint density at radius 1 is 1.36 bits per heavy atom. The van der Waals surface area contributed by atoms with Crippen LogP contribution in [-0.2, 0) is 19.5 Å². The van der Waals surface area contributed by atoms with E-state index in [2.05, 4.69) is 44.7 Å². The van der Waals surface area contributed by atoms with Crippen molar-refractivity contribution in [3.8, 4) is 0 Å². The minimum absolute atomic E-state index is 0.686. The molecule has 0 bridgehead atoms. The number of aryl methyl sites for hydroxylation is 3. The second-order valence-electron chi connectivity index (χ2n) is 4.90. The Hall–Kier alpha value is -1.96. The molecular formula is C14H23N7S. The minimum Gasteiger partial charge on any atom is -0.355 e. The topological polar surface area (TPSA) is 80.0 Å². The molecule has 0 unspecified atom stereocenters. The van der Waals surface area contributed by atoms with E-state index in [1.165, 1.54) is 4.88 Å². The van der Waals surface area contributed by atoms with Crippen LogP contribution in [0.15, 0.2) is 11.3 Å². The maximum absolute atomic E-state index is 4.51. The number of rotatable bonds is 6. The predicted octanol–water partition coefficient (Wildman–Crippen LogP) is 1.28. The second kappa shape index (κ2) is 7.88. The number of hydrogen-bond acceptors (Lipinski definition) is 5. The fourth-order valence-electron chi connectivity index (χ4n) is 2.03. The molecule has 120 valence electrons. The average Bonchev–Trinajstić information content (AvgIpc) is 3.09. The SMILES string of the molecule is CCc1nncn1CCNC(=NC)NCc1nc(C)c(C)s1. The van der Waals surface area contributed by atoms with E-state index in [4.69, 9.17) is 0 Å². The molecule has 2 rings (SSSR count). The average molecular weight is 321 g/mol. The largest absolute Gasteiger partial charge is 0.355 e. The van der Waals surface area contributed by atoms with Gasteiger partial charge in [-0.2, -0.15) is 0 Å². The number of aromatic nitrogens is 4. The smallest absolute Gasteiger partial charge is 0.191 e. The van der Waals surface area contributed by atoms with Gasteiger partial charge in [0, 0.05) is 31.4 Å². The van der Waals surface area contributed by atoms with Crippen LogP contribution in [-0.4, -0.2) is 39.3 Å². The Morgan fingerprint density at radius 3 is 2.82 bits per heavy atom. The van der Waals surface area contributed by atoms with Gasteiger partial charge < -0.3 is 15.2 Å². The third-order valence-electron chi connectivity index (χ3n) is 3.36. The number of nitrogens with zero attached hydrogens (tertiary/aromatic N) is 5. The summed E-state index contributed by atoms with van der Waals surface area (Å²) in [6.07, 6.45) is 2.65. The van der Waals surface area contributed by atoms with E-state index >= 15 is 0 Å². The maximum atomic E-state index is 4.51. The maximum Gasteiger partial charge on any atom is 0.191 e. The van der Waals surface area contributed by atoms with Gasteiger partial charge in [-0.1, -0.05) is 6.92 Å². The van der Waals surface area contributed by atoms with Gasteiger partial charge in [0.2, 0.25) is 0 Å². The molecule has 2 heterocycles. The number of nitrogens with one attached hydrogen (secondary N) is 2. The van der Waals surface area contributed by atoms with Gasteiger partial charge in [0.15, 0.2) is 5.96 Å². The number of thiazole rings is 1. The van der Waals surface area contributed by atoms with Crippen LogP contribution in [0.5, 0.6) is 0 Å². The zero-order chi connectivity index (χ0) is 15.9. The van der Waals surface area contributed by atoms with E-state index in [1.807, 2.05) is 11.5 Å². The first kappa shape index (κ1) is 16.4. The number of guanidine groups is 1. The zero-order valence-corrected chi connectivity index (χ0v) is 14.4. The Labute approximate surface area is 134 Å². The van der Waals surface area contributed by atoms with Crippen molar-refractivity contribution in [2.24, 2.45) is 4.99 Å². The second-order valence-corrected chi connectivity index (χ2v) is 6.18. The fraction of sp³-hybridized carbons (Fsp3) is 0.571. The molecule has 7 nitrogen and oxygen atoms in total. The van der Waals surface area contributed by atoms with Gasteiger partial charge in [-0.15, -0.1) is 21.5 Å². The molecule has 2 aromatic rings. The summed E-state index contributed by atoms with van der Waals surface area (Å²) in [7, 11) is 1.77. The summed E-state index contributed by atoms with van der Waals surface area (Å²) in [6, 6.07) is 0. The summed E-state index contributed by atoms with van der Waals surface area (Å²) in [5.74, 6) is 1.77. The van der Waals surface area contributed by atoms with E-state index in [0.717, 1.165) is 42.0 Å². The normalized spacial score (nSPS) is 11.7. The van der Waals surface area contributed by atoms with Crippen LogP contribution >= 0.6 is 11.3 Å². The molecule has 2 aromatic heterocycles. The van der Waals surface area contributed by atoms with Crippen LogP contribution in [0.4, 0.5) is 0 Å². The molecule has 8 heteroatoms. The minimum atomic E-state index is 0.686. The quantitative estimate of drug-likeness (QED) is 0.619. The number of aliphatic imine (C=N–C) groups is 1. The summed E-state index contributed by atoms with van der Waals surface area (Å²) >= 11 is 1.72. The van der Waals surface area contributed by atoms with Crippen molar-refractivity contribution in [2.45, 2.75) is 40.3 Å². The van der Waals surface area contributed by atoms with Gasteiger partial charge in [0.05, 0.1) is 12.2 Å². The van der Waals surface area contributed by atoms with E-state index in [1.54, 1.807) is 24.7 Å². The Balaban J connectivity index is 1.78. The third kappa shape index (κ3) is 4.27. The van der Waals surface area contributed by atoms with Crippen LogP contribution in [0.3, 0.4) is 0 Å². The monoisotopic (exact) mass is 321 g/mol. The fourth-order valence-corrected chi connectivity index (χ4v) is 2.90. The lowest BCUT2D eigenvalue weighted by molar-refractivity contribution is 0.632.